The van der Waals surface area contributed by atoms with Gasteiger partial charge in [-0.25, -0.2) is 4.90 Å². The van der Waals surface area contributed by atoms with Gasteiger partial charge in [-0.3, -0.25) is 14.4 Å². The van der Waals surface area contributed by atoms with Gasteiger partial charge >= 0.3 is 0 Å². The van der Waals surface area contributed by atoms with E-state index in [-0.39, 0.29) is 16.5 Å². The summed E-state index contributed by atoms with van der Waals surface area (Å²) in [5, 5.41) is 6.33. The normalized spacial score (nSPS) is 13.0. The van der Waals surface area contributed by atoms with Crippen LogP contribution in [0.4, 0.5) is 17.1 Å². The number of hydrogen-bond acceptors (Lipinski definition) is 6. The zero-order chi connectivity index (χ0) is 28.2. The molecule has 0 saturated carbocycles. The van der Waals surface area contributed by atoms with Crippen molar-refractivity contribution in [3.8, 4) is 5.75 Å². The molecule has 4 aromatic rings. The van der Waals surface area contributed by atoms with Crippen molar-refractivity contribution in [2.45, 2.75) is 11.8 Å². The summed E-state index contributed by atoms with van der Waals surface area (Å²) in [5.41, 5.74) is 2.91. The Morgan fingerprint density at radius 3 is 2.33 bits per heavy atom. The third-order valence-electron chi connectivity index (χ3n) is 6.09. The fourth-order valence-corrected chi connectivity index (χ4v) is 5.38. The molecule has 0 aliphatic carbocycles. The maximum absolute atomic E-state index is 13.8. The molecule has 1 heterocycles. The number of methoxy groups -OCH3 is 1. The van der Waals surface area contributed by atoms with Gasteiger partial charge in [0.1, 0.15) is 16.4 Å². The van der Waals surface area contributed by atoms with Crippen molar-refractivity contribution in [2.24, 2.45) is 0 Å². The van der Waals surface area contributed by atoms with Crippen molar-refractivity contribution >= 4 is 58.1 Å². The van der Waals surface area contributed by atoms with E-state index in [1.54, 1.807) is 60.7 Å². The minimum absolute atomic E-state index is 0.148. The third-order valence-corrected chi connectivity index (χ3v) is 7.49. The molecule has 1 aliphatic rings. The van der Waals surface area contributed by atoms with Crippen LogP contribution >= 0.6 is 23.4 Å². The van der Waals surface area contributed by atoms with Crippen molar-refractivity contribution in [2.75, 3.05) is 22.6 Å². The van der Waals surface area contributed by atoms with E-state index in [0.29, 0.717) is 38.3 Å². The van der Waals surface area contributed by atoms with E-state index in [9.17, 15) is 14.4 Å². The summed E-state index contributed by atoms with van der Waals surface area (Å²) >= 11 is 7.31. The van der Waals surface area contributed by atoms with Crippen LogP contribution < -0.4 is 20.3 Å². The Morgan fingerprint density at radius 2 is 1.57 bits per heavy atom. The Balaban J connectivity index is 1.49. The SMILES string of the molecule is COc1ccc(C)cc1N1C(=O)C(Nc2ccccc2)=C(Sc2cccc(NC(=O)c3ccccc3Cl)c2)C1=O. The van der Waals surface area contributed by atoms with Gasteiger partial charge in [0.05, 0.1) is 23.4 Å². The molecule has 0 atom stereocenters. The van der Waals surface area contributed by atoms with Crippen LogP contribution in [0.2, 0.25) is 5.02 Å². The van der Waals surface area contributed by atoms with Gasteiger partial charge < -0.3 is 15.4 Å². The number of anilines is 3. The number of nitrogens with one attached hydrogen (secondary N) is 2. The maximum atomic E-state index is 13.8. The van der Waals surface area contributed by atoms with Crippen LogP contribution in [0.3, 0.4) is 0 Å². The summed E-state index contributed by atoms with van der Waals surface area (Å²) in [6.45, 7) is 1.88. The highest BCUT2D eigenvalue weighted by atomic mass is 35.5. The average Bonchev–Trinajstić information content (AvgIpc) is 3.17. The van der Waals surface area contributed by atoms with Crippen LogP contribution in [0.1, 0.15) is 15.9 Å². The minimum Gasteiger partial charge on any atom is -0.495 e. The number of carbonyl (C=O) groups excluding carboxylic acids is 3. The summed E-state index contributed by atoms with van der Waals surface area (Å²) in [6.07, 6.45) is 0. The molecule has 7 nitrogen and oxygen atoms in total. The van der Waals surface area contributed by atoms with Crippen molar-refractivity contribution in [1.29, 1.82) is 0 Å². The number of benzene rings is 4. The number of halogens is 1. The largest absolute Gasteiger partial charge is 0.495 e. The molecule has 40 heavy (non-hydrogen) atoms. The Morgan fingerprint density at radius 1 is 0.850 bits per heavy atom. The number of aryl methyl sites for hydroxylation is 1. The van der Waals surface area contributed by atoms with Crippen molar-refractivity contribution < 1.29 is 19.1 Å². The minimum atomic E-state index is -0.497. The first-order chi connectivity index (χ1) is 19.4. The number of ether oxygens (including phenoxy) is 1. The molecule has 0 saturated heterocycles. The molecule has 0 spiro atoms. The van der Waals surface area contributed by atoms with E-state index in [4.69, 9.17) is 16.3 Å². The predicted molar refractivity (Wildman–Crippen MR) is 159 cm³/mol. The summed E-state index contributed by atoms with van der Waals surface area (Å²) in [7, 11) is 1.49. The fraction of sp³-hybridized carbons (Fsp3) is 0.0645. The summed E-state index contributed by atoms with van der Waals surface area (Å²) < 4.78 is 5.47. The van der Waals surface area contributed by atoms with Crippen LogP contribution in [0.25, 0.3) is 0 Å². The second-order valence-corrected chi connectivity index (χ2v) is 10.4. The molecule has 3 amide bonds. The molecule has 0 radical (unpaired) electrons. The Labute approximate surface area is 240 Å². The average molecular weight is 570 g/mol. The van der Waals surface area contributed by atoms with Gasteiger partial charge in [-0.2, -0.15) is 0 Å². The number of rotatable bonds is 8. The lowest BCUT2D eigenvalue weighted by Crippen LogP contribution is -2.32. The Kier molecular flexibility index (Phi) is 7.91. The van der Waals surface area contributed by atoms with Crippen molar-refractivity contribution in [3.63, 3.8) is 0 Å². The second kappa shape index (κ2) is 11.7. The topological polar surface area (TPSA) is 87.7 Å². The highest BCUT2D eigenvalue weighted by molar-refractivity contribution is 8.04. The molecule has 0 aromatic heterocycles. The van der Waals surface area contributed by atoms with Gasteiger partial charge in [0.2, 0.25) is 0 Å². The quantitative estimate of drug-likeness (QED) is 0.224. The van der Waals surface area contributed by atoms with E-state index in [1.165, 1.54) is 7.11 Å². The van der Waals surface area contributed by atoms with Crippen molar-refractivity contribution in [3.05, 3.63) is 124 Å². The third kappa shape index (κ3) is 5.59. The predicted octanol–water partition coefficient (Wildman–Crippen LogP) is 6.90. The Hall–Kier alpha value is -4.53. The summed E-state index contributed by atoms with van der Waals surface area (Å²) in [5.74, 6) is -0.934. The molecular weight excluding hydrogens is 546 g/mol. The van der Waals surface area contributed by atoms with E-state index in [2.05, 4.69) is 10.6 Å². The number of imide groups is 1. The lowest BCUT2D eigenvalue weighted by molar-refractivity contribution is -0.120. The fourth-order valence-electron chi connectivity index (χ4n) is 4.17. The molecule has 5 rings (SSSR count). The number of hydrogen-bond donors (Lipinski definition) is 2. The van der Waals surface area contributed by atoms with Gasteiger partial charge in [-0.05, 0) is 67.1 Å². The summed E-state index contributed by atoms with van der Waals surface area (Å²) in [6, 6.07) is 28.3. The number of para-hydroxylation sites is 1. The monoisotopic (exact) mass is 569 g/mol. The van der Waals surface area contributed by atoms with Gasteiger partial charge in [-0.1, -0.05) is 65.8 Å². The molecule has 2 N–H and O–H groups in total. The first-order valence-electron chi connectivity index (χ1n) is 12.3. The van der Waals surface area contributed by atoms with Crippen LogP contribution in [0.15, 0.2) is 113 Å². The highest BCUT2D eigenvalue weighted by Gasteiger charge is 2.41. The first kappa shape index (κ1) is 27.1. The second-order valence-electron chi connectivity index (χ2n) is 8.88. The molecule has 200 valence electrons. The maximum Gasteiger partial charge on any atom is 0.283 e. The molecule has 4 aromatic carbocycles. The number of thioether (sulfide) groups is 1. The first-order valence-corrected chi connectivity index (χ1v) is 13.5. The Bertz CT molecular complexity index is 1660. The van der Waals surface area contributed by atoms with Crippen LogP contribution in [-0.4, -0.2) is 24.8 Å². The molecule has 0 unspecified atom stereocenters. The molecule has 1 aliphatic heterocycles. The van der Waals surface area contributed by atoms with E-state index < -0.39 is 11.8 Å². The molecular formula is C31H24ClN3O4S. The highest BCUT2D eigenvalue weighted by Crippen LogP contribution is 2.41. The van der Waals surface area contributed by atoms with Gasteiger partial charge in [0, 0.05) is 16.3 Å². The molecule has 0 fully saturated rings. The van der Waals surface area contributed by atoms with Crippen LogP contribution in [0.5, 0.6) is 5.75 Å². The lowest BCUT2D eigenvalue weighted by atomic mass is 10.2. The number of nitrogens with zero attached hydrogens (tertiary/aromatic N) is 1. The zero-order valence-corrected chi connectivity index (χ0v) is 23.2. The van der Waals surface area contributed by atoms with Gasteiger partial charge in [0.15, 0.2) is 0 Å². The lowest BCUT2D eigenvalue weighted by Gasteiger charge is -2.19. The van der Waals surface area contributed by atoms with E-state index in [0.717, 1.165) is 22.2 Å². The molecule has 0 bridgehead atoms. The molecule has 9 heteroatoms. The van der Waals surface area contributed by atoms with Crippen LogP contribution in [0, 0.1) is 6.92 Å². The van der Waals surface area contributed by atoms with Crippen molar-refractivity contribution in [1.82, 2.24) is 0 Å². The van der Waals surface area contributed by atoms with E-state index in [1.807, 2.05) is 43.3 Å². The van der Waals surface area contributed by atoms with Gasteiger partial charge in [-0.15, -0.1) is 0 Å². The standard InChI is InChI=1S/C31H24ClN3O4S/c1-19-15-16-26(39-2)25(17-19)35-30(37)27(33-20-9-4-3-5-10-20)28(31(35)38)40-22-12-8-11-21(18-22)34-29(36)23-13-6-7-14-24(23)32/h3-18,33H,1-2H3,(H,34,36). The summed E-state index contributed by atoms with van der Waals surface area (Å²) in [4.78, 5) is 42.4. The van der Waals surface area contributed by atoms with Crippen LogP contribution in [-0.2, 0) is 9.59 Å². The smallest absolute Gasteiger partial charge is 0.283 e. The van der Waals surface area contributed by atoms with Gasteiger partial charge in [0.25, 0.3) is 17.7 Å². The number of amides is 3. The van der Waals surface area contributed by atoms with E-state index >= 15 is 0 Å². The number of carbonyl (C=O) groups is 3. The zero-order valence-electron chi connectivity index (χ0n) is 21.6.